The molecule has 1 aromatic carbocycles. The fraction of sp³-hybridized carbons (Fsp3) is 0.417. The van der Waals surface area contributed by atoms with Crippen molar-refractivity contribution in [3.63, 3.8) is 0 Å². The molecule has 1 heterocycles. The fourth-order valence-corrected chi connectivity index (χ4v) is 1.97. The Balaban J connectivity index is 2.13. The van der Waals surface area contributed by atoms with Crippen molar-refractivity contribution in [1.82, 2.24) is 0 Å². The Labute approximate surface area is 99.3 Å². The highest BCUT2D eigenvalue weighted by Crippen LogP contribution is 2.30. The summed E-state index contributed by atoms with van der Waals surface area (Å²) in [4.78, 5) is 11.6. The Bertz CT molecular complexity index is 403. The first kappa shape index (κ1) is 11.3. The van der Waals surface area contributed by atoms with E-state index in [0.717, 1.165) is 11.3 Å². The van der Waals surface area contributed by atoms with Gasteiger partial charge in [0.2, 0.25) is 0 Å². The van der Waals surface area contributed by atoms with Crippen LogP contribution in [0, 0.1) is 5.92 Å². The molecule has 16 heavy (non-hydrogen) atoms. The summed E-state index contributed by atoms with van der Waals surface area (Å²) in [6.45, 7) is 2.58. The van der Waals surface area contributed by atoms with Crippen LogP contribution in [0.5, 0.6) is 5.75 Å². The molecule has 0 unspecified atom stereocenters. The van der Waals surface area contributed by atoms with Gasteiger partial charge in [0.05, 0.1) is 12.5 Å². The highest BCUT2D eigenvalue weighted by atomic mass is 35.5. The molecular formula is C12H13ClO3. The first-order chi connectivity index (χ1) is 7.70. The Morgan fingerprint density at radius 3 is 3.19 bits per heavy atom. The number of halogens is 1. The SMILES string of the molecule is CCOC(=O)[C@H]1COc2ccc(Cl)cc2C1. The fourth-order valence-electron chi connectivity index (χ4n) is 1.77. The van der Waals surface area contributed by atoms with Gasteiger partial charge in [0.15, 0.2) is 0 Å². The van der Waals surface area contributed by atoms with Crippen molar-refractivity contribution in [2.75, 3.05) is 13.2 Å². The van der Waals surface area contributed by atoms with Crippen molar-refractivity contribution in [3.8, 4) is 5.75 Å². The number of hydrogen-bond acceptors (Lipinski definition) is 3. The second-order valence-electron chi connectivity index (χ2n) is 3.72. The molecule has 3 nitrogen and oxygen atoms in total. The standard InChI is InChI=1S/C12H13ClO3/c1-2-15-12(14)9-5-8-6-10(13)3-4-11(8)16-7-9/h3-4,6,9H,2,5,7H2,1H3/t9-/m1/s1. The highest BCUT2D eigenvalue weighted by molar-refractivity contribution is 6.30. The van der Waals surface area contributed by atoms with Crippen LogP contribution in [-0.2, 0) is 16.0 Å². The van der Waals surface area contributed by atoms with Crippen LogP contribution in [0.1, 0.15) is 12.5 Å². The average molecular weight is 241 g/mol. The van der Waals surface area contributed by atoms with E-state index in [0.29, 0.717) is 24.7 Å². The van der Waals surface area contributed by atoms with E-state index in [4.69, 9.17) is 21.1 Å². The molecule has 1 aromatic rings. The highest BCUT2D eigenvalue weighted by Gasteiger charge is 2.27. The Hall–Kier alpha value is -1.22. The molecule has 0 bridgehead atoms. The van der Waals surface area contributed by atoms with Gasteiger partial charge in [-0.25, -0.2) is 0 Å². The molecule has 0 radical (unpaired) electrons. The van der Waals surface area contributed by atoms with Crippen LogP contribution in [0.15, 0.2) is 18.2 Å². The van der Waals surface area contributed by atoms with E-state index in [1.807, 2.05) is 12.1 Å². The second kappa shape index (κ2) is 4.74. The van der Waals surface area contributed by atoms with Crippen molar-refractivity contribution in [3.05, 3.63) is 28.8 Å². The third kappa shape index (κ3) is 2.30. The lowest BCUT2D eigenvalue weighted by Gasteiger charge is -2.23. The molecule has 0 saturated heterocycles. The van der Waals surface area contributed by atoms with E-state index in [1.54, 1.807) is 13.0 Å². The first-order valence-electron chi connectivity index (χ1n) is 5.28. The largest absolute Gasteiger partial charge is 0.492 e. The number of rotatable bonds is 2. The summed E-state index contributed by atoms with van der Waals surface area (Å²) in [6, 6.07) is 5.45. The third-order valence-electron chi connectivity index (χ3n) is 2.55. The van der Waals surface area contributed by atoms with Crippen molar-refractivity contribution in [2.45, 2.75) is 13.3 Å². The number of fused-ring (bicyclic) bond motifs is 1. The van der Waals surface area contributed by atoms with E-state index in [2.05, 4.69) is 0 Å². The van der Waals surface area contributed by atoms with E-state index in [1.165, 1.54) is 0 Å². The topological polar surface area (TPSA) is 35.5 Å². The van der Waals surface area contributed by atoms with E-state index in [-0.39, 0.29) is 11.9 Å². The molecule has 1 atom stereocenters. The van der Waals surface area contributed by atoms with Crippen LogP contribution in [0.25, 0.3) is 0 Å². The smallest absolute Gasteiger partial charge is 0.312 e. The Morgan fingerprint density at radius 2 is 2.44 bits per heavy atom. The number of ether oxygens (including phenoxy) is 2. The van der Waals surface area contributed by atoms with Crippen LogP contribution < -0.4 is 4.74 Å². The number of benzene rings is 1. The summed E-state index contributed by atoms with van der Waals surface area (Å²) in [5.41, 5.74) is 0.969. The van der Waals surface area contributed by atoms with Gasteiger partial charge < -0.3 is 9.47 Å². The number of hydrogen-bond donors (Lipinski definition) is 0. The van der Waals surface area contributed by atoms with Gasteiger partial charge in [-0.15, -0.1) is 0 Å². The van der Waals surface area contributed by atoms with Crippen molar-refractivity contribution >= 4 is 17.6 Å². The zero-order valence-corrected chi connectivity index (χ0v) is 9.79. The van der Waals surface area contributed by atoms with Gasteiger partial charge in [0.1, 0.15) is 12.4 Å². The molecule has 1 aliphatic rings. The zero-order valence-electron chi connectivity index (χ0n) is 9.03. The van der Waals surface area contributed by atoms with Crippen molar-refractivity contribution < 1.29 is 14.3 Å². The lowest BCUT2D eigenvalue weighted by atomic mass is 9.97. The maximum atomic E-state index is 11.6. The van der Waals surface area contributed by atoms with Crippen LogP contribution in [0.4, 0.5) is 0 Å². The van der Waals surface area contributed by atoms with Crippen molar-refractivity contribution in [2.24, 2.45) is 5.92 Å². The van der Waals surface area contributed by atoms with Crippen LogP contribution in [0.3, 0.4) is 0 Å². The van der Waals surface area contributed by atoms with Gasteiger partial charge in [-0.2, -0.15) is 0 Å². The molecule has 86 valence electrons. The minimum atomic E-state index is -0.217. The van der Waals surface area contributed by atoms with E-state index in [9.17, 15) is 4.79 Å². The minimum Gasteiger partial charge on any atom is -0.492 e. The maximum absolute atomic E-state index is 11.6. The molecule has 0 aliphatic carbocycles. The van der Waals surface area contributed by atoms with E-state index >= 15 is 0 Å². The van der Waals surface area contributed by atoms with Crippen molar-refractivity contribution in [1.29, 1.82) is 0 Å². The molecule has 2 rings (SSSR count). The molecule has 0 saturated carbocycles. The predicted octanol–water partition coefficient (Wildman–Crippen LogP) is 2.45. The summed E-state index contributed by atoms with van der Waals surface area (Å²) in [6.07, 6.45) is 0.634. The van der Waals surface area contributed by atoms with Gasteiger partial charge >= 0.3 is 5.97 Å². The normalized spacial score (nSPS) is 18.5. The maximum Gasteiger partial charge on any atom is 0.312 e. The molecule has 0 fully saturated rings. The molecule has 0 amide bonds. The molecule has 0 N–H and O–H groups in total. The summed E-state index contributed by atoms with van der Waals surface area (Å²) in [5.74, 6) is 0.393. The van der Waals surface area contributed by atoms with Gasteiger partial charge in [0, 0.05) is 5.02 Å². The molecule has 0 spiro atoms. The van der Waals surface area contributed by atoms with Crippen LogP contribution in [0.2, 0.25) is 5.02 Å². The monoisotopic (exact) mass is 240 g/mol. The number of carbonyl (C=O) groups is 1. The summed E-state index contributed by atoms with van der Waals surface area (Å²) < 4.78 is 10.5. The quantitative estimate of drug-likeness (QED) is 0.745. The Kier molecular flexibility index (Phi) is 3.34. The molecule has 1 aliphatic heterocycles. The lowest BCUT2D eigenvalue weighted by Crippen LogP contribution is -2.29. The Morgan fingerprint density at radius 1 is 1.62 bits per heavy atom. The predicted molar refractivity (Wildman–Crippen MR) is 60.8 cm³/mol. The van der Waals surface area contributed by atoms with Gasteiger partial charge in [0.25, 0.3) is 0 Å². The van der Waals surface area contributed by atoms with Crippen LogP contribution in [-0.4, -0.2) is 19.2 Å². The lowest BCUT2D eigenvalue weighted by molar-refractivity contribution is -0.149. The second-order valence-corrected chi connectivity index (χ2v) is 4.15. The number of carbonyl (C=O) groups excluding carboxylic acids is 1. The molecular weight excluding hydrogens is 228 g/mol. The summed E-state index contributed by atoms with van der Waals surface area (Å²) >= 11 is 5.89. The minimum absolute atomic E-state index is 0.201. The molecule has 4 heteroatoms. The summed E-state index contributed by atoms with van der Waals surface area (Å²) in [7, 11) is 0. The van der Waals surface area contributed by atoms with Gasteiger partial charge in [-0.05, 0) is 37.1 Å². The third-order valence-corrected chi connectivity index (χ3v) is 2.78. The average Bonchev–Trinajstić information content (AvgIpc) is 2.28. The van der Waals surface area contributed by atoms with E-state index < -0.39 is 0 Å². The molecule has 0 aromatic heterocycles. The first-order valence-corrected chi connectivity index (χ1v) is 5.66. The number of esters is 1. The van der Waals surface area contributed by atoms with Gasteiger partial charge in [-0.3, -0.25) is 4.79 Å². The van der Waals surface area contributed by atoms with Gasteiger partial charge in [-0.1, -0.05) is 11.6 Å². The zero-order chi connectivity index (χ0) is 11.5. The van der Waals surface area contributed by atoms with Crippen LogP contribution >= 0.6 is 11.6 Å². The summed E-state index contributed by atoms with van der Waals surface area (Å²) in [5, 5.41) is 0.659.